The summed E-state index contributed by atoms with van der Waals surface area (Å²) >= 11 is 0. The number of likely N-dealkylation sites (tertiary alicyclic amines) is 1. The molecule has 2 heterocycles. The van der Waals surface area contributed by atoms with Crippen molar-refractivity contribution in [1.82, 2.24) is 14.8 Å². The SMILES string of the molecule is CCN(CCCCCN1CC[CH]CC1)Cc1ccncc1. The van der Waals surface area contributed by atoms with Crippen molar-refractivity contribution in [1.29, 1.82) is 0 Å². The minimum Gasteiger partial charge on any atom is -0.303 e. The molecule has 0 spiro atoms. The molecule has 1 aliphatic heterocycles. The molecule has 1 aliphatic rings. The van der Waals surface area contributed by atoms with E-state index in [9.17, 15) is 0 Å². The van der Waals surface area contributed by atoms with Crippen LogP contribution >= 0.6 is 0 Å². The van der Waals surface area contributed by atoms with Gasteiger partial charge in [0.1, 0.15) is 0 Å². The van der Waals surface area contributed by atoms with Gasteiger partial charge in [0.2, 0.25) is 0 Å². The summed E-state index contributed by atoms with van der Waals surface area (Å²) in [6, 6.07) is 4.24. The largest absolute Gasteiger partial charge is 0.303 e. The molecular weight excluding hydrogens is 258 g/mol. The molecule has 1 radical (unpaired) electrons. The van der Waals surface area contributed by atoms with Gasteiger partial charge < -0.3 is 4.90 Å². The highest BCUT2D eigenvalue weighted by Crippen LogP contribution is 2.10. The van der Waals surface area contributed by atoms with Crippen LogP contribution in [0.4, 0.5) is 0 Å². The highest BCUT2D eigenvalue weighted by atomic mass is 15.1. The van der Waals surface area contributed by atoms with E-state index in [2.05, 4.69) is 40.3 Å². The molecule has 1 fully saturated rings. The second-order valence-corrected chi connectivity index (χ2v) is 5.99. The van der Waals surface area contributed by atoms with Gasteiger partial charge in [-0.05, 0) is 82.5 Å². The Hall–Kier alpha value is -0.930. The number of hydrogen-bond donors (Lipinski definition) is 0. The molecule has 0 saturated carbocycles. The first-order chi connectivity index (χ1) is 10.4. The molecule has 0 unspecified atom stereocenters. The zero-order valence-corrected chi connectivity index (χ0v) is 13.5. The fourth-order valence-electron chi connectivity index (χ4n) is 2.97. The highest BCUT2D eigenvalue weighted by molar-refractivity contribution is 5.09. The van der Waals surface area contributed by atoms with Crippen LogP contribution in [0.3, 0.4) is 0 Å². The summed E-state index contributed by atoms with van der Waals surface area (Å²) in [5.41, 5.74) is 1.37. The number of nitrogens with zero attached hydrogens (tertiary/aromatic N) is 3. The lowest BCUT2D eigenvalue weighted by molar-refractivity contribution is 0.240. The van der Waals surface area contributed by atoms with E-state index in [0.717, 1.165) is 13.1 Å². The van der Waals surface area contributed by atoms with Gasteiger partial charge in [0.05, 0.1) is 0 Å². The summed E-state index contributed by atoms with van der Waals surface area (Å²) in [5.74, 6) is 0. The Balaban J connectivity index is 1.55. The van der Waals surface area contributed by atoms with Gasteiger partial charge in [0.25, 0.3) is 0 Å². The van der Waals surface area contributed by atoms with Crippen LogP contribution in [-0.4, -0.2) is 47.5 Å². The molecule has 2 rings (SSSR count). The van der Waals surface area contributed by atoms with Crippen LogP contribution in [0.25, 0.3) is 0 Å². The van der Waals surface area contributed by atoms with Crippen LogP contribution in [0.2, 0.25) is 0 Å². The molecule has 0 aromatic carbocycles. The molecule has 3 heteroatoms. The van der Waals surface area contributed by atoms with Crippen LogP contribution < -0.4 is 0 Å². The molecule has 0 amide bonds. The Morgan fingerprint density at radius 2 is 1.86 bits per heavy atom. The standard InChI is InChI=1S/C18H30N3/c1-2-20(17-18-9-11-19-12-10-18)13-5-3-6-14-21-15-7-4-8-16-21/h4,9-12H,2-3,5-8,13-17H2,1H3. The van der Waals surface area contributed by atoms with E-state index >= 15 is 0 Å². The van der Waals surface area contributed by atoms with Gasteiger partial charge in [-0.1, -0.05) is 13.3 Å². The van der Waals surface area contributed by atoms with Crippen LogP contribution in [0, 0.1) is 6.42 Å². The molecule has 0 atom stereocenters. The molecule has 1 aromatic heterocycles. The highest BCUT2D eigenvalue weighted by Gasteiger charge is 2.09. The van der Waals surface area contributed by atoms with Gasteiger partial charge in [-0.3, -0.25) is 9.88 Å². The maximum absolute atomic E-state index is 4.08. The quantitative estimate of drug-likeness (QED) is 0.649. The average molecular weight is 288 g/mol. The molecule has 1 aromatic rings. The third-order valence-electron chi connectivity index (χ3n) is 4.35. The summed E-state index contributed by atoms with van der Waals surface area (Å²) < 4.78 is 0. The molecule has 117 valence electrons. The number of aromatic nitrogens is 1. The third-order valence-corrected chi connectivity index (χ3v) is 4.35. The molecule has 3 nitrogen and oxygen atoms in total. The lowest BCUT2D eigenvalue weighted by atomic mass is 10.1. The second kappa shape index (κ2) is 9.91. The molecule has 0 bridgehead atoms. The van der Waals surface area contributed by atoms with E-state index in [0.29, 0.717) is 0 Å². The zero-order chi connectivity index (χ0) is 14.8. The Bertz CT molecular complexity index is 360. The third kappa shape index (κ3) is 6.58. The monoisotopic (exact) mass is 288 g/mol. The zero-order valence-electron chi connectivity index (χ0n) is 13.5. The number of hydrogen-bond acceptors (Lipinski definition) is 3. The van der Waals surface area contributed by atoms with Crippen molar-refractivity contribution in [3.05, 3.63) is 36.5 Å². The summed E-state index contributed by atoms with van der Waals surface area (Å²) in [4.78, 5) is 9.24. The van der Waals surface area contributed by atoms with Gasteiger partial charge in [-0.25, -0.2) is 0 Å². The fourth-order valence-corrected chi connectivity index (χ4v) is 2.97. The molecule has 1 saturated heterocycles. The van der Waals surface area contributed by atoms with E-state index in [1.165, 1.54) is 63.8 Å². The Morgan fingerprint density at radius 3 is 2.57 bits per heavy atom. The molecular formula is C18H30N3. The van der Waals surface area contributed by atoms with Crippen molar-refractivity contribution in [3.63, 3.8) is 0 Å². The molecule has 0 aliphatic carbocycles. The first-order valence-corrected chi connectivity index (χ1v) is 8.53. The van der Waals surface area contributed by atoms with Gasteiger partial charge in [-0.15, -0.1) is 0 Å². The average Bonchev–Trinajstić information content (AvgIpc) is 2.55. The number of rotatable bonds is 9. The number of pyridine rings is 1. The predicted molar refractivity (Wildman–Crippen MR) is 89.0 cm³/mol. The normalized spacial score (nSPS) is 16.5. The maximum Gasteiger partial charge on any atom is 0.0271 e. The number of unbranched alkanes of at least 4 members (excludes halogenated alkanes) is 2. The van der Waals surface area contributed by atoms with Gasteiger partial charge >= 0.3 is 0 Å². The van der Waals surface area contributed by atoms with Gasteiger partial charge in [0.15, 0.2) is 0 Å². The lowest BCUT2D eigenvalue weighted by Crippen LogP contribution is -2.31. The Kier molecular flexibility index (Phi) is 7.76. The smallest absolute Gasteiger partial charge is 0.0271 e. The van der Waals surface area contributed by atoms with Crippen molar-refractivity contribution in [2.45, 2.75) is 45.6 Å². The van der Waals surface area contributed by atoms with Crippen LogP contribution in [0.15, 0.2) is 24.5 Å². The van der Waals surface area contributed by atoms with Crippen LogP contribution in [0.5, 0.6) is 0 Å². The van der Waals surface area contributed by atoms with E-state index in [-0.39, 0.29) is 0 Å². The summed E-state index contributed by atoms with van der Waals surface area (Å²) in [6.07, 6.45) is 12.8. The van der Waals surface area contributed by atoms with E-state index in [1.54, 1.807) is 0 Å². The maximum atomic E-state index is 4.08. The van der Waals surface area contributed by atoms with Gasteiger partial charge in [-0.2, -0.15) is 0 Å². The molecule has 21 heavy (non-hydrogen) atoms. The van der Waals surface area contributed by atoms with Crippen LogP contribution in [-0.2, 0) is 6.54 Å². The van der Waals surface area contributed by atoms with Crippen LogP contribution in [0.1, 0.15) is 44.6 Å². The van der Waals surface area contributed by atoms with E-state index in [1.807, 2.05) is 12.4 Å². The summed E-state index contributed by atoms with van der Waals surface area (Å²) in [5, 5.41) is 0. The molecule has 0 N–H and O–H groups in total. The fraction of sp³-hybridized carbons (Fsp3) is 0.667. The van der Waals surface area contributed by atoms with E-state index in [4.69, 9.17) is 0 Å². The van der Waals surface area contributed by atoms with E-state index < -0.39 is 0 Å². The topological polar surface area (TPSA) is 19.4 Å². The minimum absolute atomic E-state index is 1.06. The Morgan fingerprint density at radius 1 is 1.10 bits per heavy atom. The Labute approximate surface area is 130 Å². The van der Waals surface area contributed by atoms with Crippen molar-refractivity contribution in [3.8, 4) is 0 Å². The minimum atomic E-state index is 1.06. The summed E-state index contributed by atoms with van der Waals surface area (Å²) in [6.45, 7) is 9.51. The second-order valence-electron chi connectivity index (χ2n) is 5.99. The number of piperidine rings is 1. The first-order valence-electron chi connectivity index (χ1n) is 8.53. The van der Waals surface area contributed by atoms with Crippen molar-refractivity contribution < 1.29 is 0 Å². The van der Waals surface area contributed by atoms with Crippen molar-refractivity contribution in [2.75, 3.05) is 32.7 Å². The lowest BCUT2D eigenvalue weighted by Gasteiger charge is -2.26. The van der Waals surface area contributed by atoms with Gasteiger partial charge in [0, 0.05) is 18.9 Å². The predicted octanol–water partition coefficient (Wildman–Crippen LogP) is 3.37. The van der Waals surface area contributed by atoms with Crippen molar-refractivity contribution >= 4 is 0 Å². The van der Waals surface area contributed by atoms with Crippen molar-refractivity contribution in [2.24, 2.45) is 0 Å². The first kappa shape index (κ1) is 16.4. The summed E-state index contributed by atoms with van der Waals surface area (Å²) in [7, 11) is 0.